The number of hydrogen-bond acceptors (Lipinski definition) is 3. The lowest BCUT2D eigenvalue weighted by atomic mass is 9.87. The van der Waals surface area contributed by atoms with Crippen LogP contribution in [0.25, 0.3) is 0 Å². The monoisotopic (exact) mass is 267 g/mol. The Morgan fingerprint density at radius 3 is 2.63 bits per heavy atom. The molecule has 2 rings (SSSR count). The van der Waals surface area contributed by atoms with Gasteiger partial charge in [0, 0.05) is 6.54 Å². The highest BCUT2D eigenvalue weighted by Crippen LogP contribution is 2.26. The third-order valence-corrected chi connectivity index (χ3v) is 3.63. The fourth-order valence-corrected chi connectivity index (χ4v) is 2.48. The average molecular weight is 267 g/mol. The lowest BCUT2D eigenvalue weighted by molar-refractivity contribution is 0.0697. The molecule has 0 unspecified atom stereocenters. The molecule has 1 aromatic carbocycles. The first-order valence-corrected chi connectivity index (χ1v) is 6.51. The number of halogens is 1. The molecule has 1 aromatic rings. The third kappa shape index (κ3) is 3.44. The van der Waals surface area contributed by atoms with E-state index in [0.717, 1.165) is 25.7 Å². The van der Waals surface area contributed by atoms with Gasteiger partial charge in [0.25, 0.3) is 0 Å². The van der Waals surface area contributed by atoms with Gasteiger partial charge in [-0.05, 0) is 43.7 Å². The van der Waals surface area contributed by atoms with Crippen LogP contribution >= 0.6 is 0 Å². The summed E-state index contributed by atoms with van der Waals surface area (Å²) in [6.07, 6.45) is 3.06. The average Bonchev–Trinajstić information content (AvgIpc) is 2.39. The minimum absolute atomic E-state index is 0.0455. The van der Waals surface area contributed by atoms with E-state index in [0.29, 0.717) is 12.5 Å². The Labute approximate surface area is 111 Å². The van der Waals surface area contributed by atoms with E-state index in [1.54, 1.807) is 0 Å². The summed E-state index contributed by atoms with van der Waals surface area (Å²) in [5.74, 6) is -1.33. The van der Waals surface area contributed by atoms with Crippen molar-refractivity contribution in [3.05, 3.63) is 29.6 Å². The molecule has 0 saturated heterocycles. The summed E-state index contributed by atoms with van der Waals surface area (Å²) < 4.78 is 13.7. The van der Waals surface area contributed by atoms with Gasteiger partial charge in [-0.1, -0.05) is 6.07 Å². The summed E-state index contributed by atoms with van der Waals surface area (Å²) in [4.78, 5) is 11.0. The minimum Gasteiger partial charge on any atom is -0.478 e. The minimum atomic E-state index is -1.14. The van der Waals surface area contributed by atoms with E-state index in [1.165, 1.54) is 18.2 Å². The highest BCUT2D eigenvalue weighted by Gasteiger charge is 2.20. The normalized spacial score (nSPS) is 23.1. The molecule has 0 aromatic heterocycles. The van der Waals surface area contributed by atoms with Crippen molar-refractivity contribution in [1.29, 1.82) is 0 Å². The maximum Gasteiger partial charge on any atom is 0.337 e. The number of aliphatic hydroxyl groups is 1. The topological polar surface area (TPSA) is 69.6 Å². The molecule has 4 nitrogen and oxygen atoms in total. The number of para-hydroxylation sites is 1. The predicted octanol–water partition coefficient (Wildman–Crippen LogP) is 2.49. The first-order valence-electron chi connectivity index (χ1n) is 6.51. The van der Waals surface area contributed by atoms with Crippen LogP contribution in [-0.2, 0) is 0 Å². The van der Waals surface area contributed by atoms with E-state index in [9.17, 15) is 14.3 Å². The largest absolute Gasteiger partial charge is 0.478 e. The summed E-state index contributed by atoms with van der Waals surface area (Å²) in [5, 5.41) is 21.3. The van der Waals surface area contributed by atoms with E-state index in [4.69, 9.17) is 5.11 Å². The van der Waals surface area contributed by atoms with Gasteiger partial charge in [-0.2, -0.15) is 0 Å². The van der Waals surface area contributed by atoms with Crippen molar-refractivity contribution in [2.75, 3.05) is 11.9 Å². The molecule has 1 aliphatic carbocycles. The molecule has 0 heterocycles. The summed E-state index contributed by atoms with van der Waals surface area (Å²) in [7, 11) is 0. The number of rotatable bonds is 4. The van der Waals surface area contributed by atoms with Crippen molar-refractivity contribution >= 4 is 11.7 Å². The van der Waals surface area contributed by atoms with Crippen LogP contribution in [0.1, 0.15) is 36.0 Å². The summed E-state index contributed by atoms with van der Waals surface area (Å²) in [5.41, 5.74) is 0.0111. The van der Waals surface area contributed by atoms with Gasteiger partial charge in [0.15, 0.2) is 0 Å². The Hall–Kier alpha value is -1.62. The molecule has 3 N–H and O–H groups in total. The van der Waals surface area contributed by atoms with E-state index >= 15 is 0 Å². The summed E-state index contributed by atoms with van der Waals surface area (Å²) >= 11 is 0. The van der Waals surface area contributed by atoms with Gasteiger partial charge in [0.1, 0.15) is 5.82 Å². The van der Waals surface area contributed by atoms with Crippen LogP contribution < -0.4 is 5.32 Å². The van der Waals surface area contributed by atoms with Gasteiger partial charge in [-0.3, -0.25) is 0 Å². The lowest BCUT2D eigenvalue weighted by Crippen LogP contribution is -2.24. The zero-order valence-corrected chi connectivity index (χ0v) is 10.6. The molecule has 5 heteroatoms. The molecule has 0 spiro atoms. The number of carboxylic acids is 1. The van der Waals surface area contributed by atoms with Gasteiger partial charge < -0.3 is 15.5 Å². The second-order valence-electron chi connectivity index (χ2n) is 5.02. The van der Waals surface area contributed by atoms with Crippen molar-refractivity contribution in [1.82, 2.24) is 0 Å². The van der Waals surface area contributed by atoms with E-state index < -0.39 is 11.8 Å². The van der Waals surface area contributed by atoms with Crippen LogP contribution in [0.3, 0.4) is 0 Å². The maximum atomic E-state index is 13.7. The standard InChI is InChI=1S/C14H18FNO3/c15-12-3-1-2-11(14(18)19)13(12)16-8-9-4-6-10(17)7-5-9/h1-3,9-10,16-17H,4-8H2,(H,18,19). The molecule has 1 aliphatic rings. The smallest absolute Gasteiger partial charge is 0.337 e. The summed E-state index contributed by atoms with van der Waals surface area (Å²) in [6, 6.07) is 4.03. The maximum absolute atomic E-state index is 13.7. The summed E-state index contributed by atoms with van der Waals surface area (Å²) in [6.45, 7) is 0.536. The number of aliphatic hydroxyl groups excluding tert-OH is 1. The molecule has 0 atom stereocenters. The Bertz CT molecular complexity index is 456. The van der Waals surface area contributed by atoms with Crippen molar-refractivity contribution < 1.29 is 19.4 Å². The van der Waals surface area contributed by atoms with Crippen LogP contribution in [0.15, 0.2) is 18.2 Å². The first kappa shape index (κ1) is 13.8. The second kappa shape index (κ2) is 6.02. The molecule has 1 fully saturated rings. The Kier molecular flexibility index (Phi) is 4.37. The van der Waals surface area contributed by atoms with Crippen molar-refractivity contribution in [2.24, 2.45) is 5.92 Å². The number of nitrogens with one attached hydrogen (secondary N) is 1. The van der Waals surface area contributed by atoms with E-state index in [-0.39, 0.29) is 17.4 Å². The predicted molar refractivity (Wildman–Crippen MR) is 69.8 cm³/mol. The van der Waals surface area contributed by atoms with Gasteiger partial charge in [0.05, 0.1) is 17.4 Å². The van der Waals surface area contributed by atoms with Crippen LogP contribution in [0.5, 0.6) is 0 Å². The molecular weight excluding hydrogens is 249 g/mol. The lowest BCUT2D eigenvalue weighted by Gasteiger charge is -2.26. The quantitative estimate of drug-likeness (QED) is 0.784. The molecule has 0 bridgehead atoms. The van der Waals surface area contributed by atoms with Crippen LogP contribution in [-0.4, -0.2) is 28.8 Å². The molecule has 19 heavy (non-hydrogen) atoms. The third-order valence-electron chi connectivity index (χ3n) is 3.63. The number of carbonyl (C=O) groups is 1. The second-order valence-corrected chi connectivity index (χ2v) is 5.02. The van der Waals surface area contributed by atoms with Crippen molar-refractivity contribution in [3.63, 3.8) is 0 Å². The van der Waals surface area contributed by atoms with E-state index in [2.05, 4.69) is 5.32 Å². The first-order chi connectivity index (χ1) is 9.08. The van der Waals surface area contributed by atoms with Crippen LogP contribution in [0, 0.1) is 11.7 Å². The zero-order valence-electron chi connectivity index (χ0n) is 10.6. The van der Waals surface area contributed by atoms with Gasteiger partial charge in [0.2, 0.25) is 0 Å². The van der Waals surface area contributed by atoms with Gasteiger partial charge in [-0.25, -0.2) is 9.18 Å². The fraction of sp³-hybridized carbons (Fsp3) is 0.500. The molecule has 0 amide bonds. The van der Waals surface area contributed by atoms with Gasteiger partial charge >= 0.3 is 5.97 Å². The highest BCUT2D eigenvalue weighted by molar-refractivity contribution is 5.94. The Morgan fingerprint density at radius 2 is 2.00 bits per heavy atom. The molecular formula is C14H18FNO3. The number of hydrogen-bond donors (Lipinski definition) is 3. The van der Waals surface area contributed by atoms with Crippen molar-refractivity contribution in [3.8, 4) is 0 Å². The zero-order chi connectivity index (χ0) is 13.8. The van der Waals surface area contributed by atoms with E-state index in [1.807, 2.05) is 0 Å². The van der Waals surface area contributed by atoms with Crippen LogP contribution in [0.4, 0.5) is 10.1 Å². The van der Waals surface area contributed by atoms with Crippen LogP contribution in [0.2, 0.25) is 0 Å². The van der Waals surface area contributed by atoms with Gasteiger partial charge in [-0.15, -0.1) is 0 Å². The molecule has 104 valence electrons. The number of aromatic carboxylic acids is 1. The number of benzene rings is 1. The Balaban J connectivity index is 2.01. The van der Waals surface area contributed by atoms with Crippen molar-refractivity contribution in [2.45, 2.75) is 31.8 Å². The Morgan fingerprint density at radius 1 is 1.32 bits per heavy atom. The molecule has 0 aliphatic heterocycles. The SMILES string of the molecule is O=C(O)c1cccc(F)c1NCC1CCC(O)CC1. The number of anilines is 1. The molecule has 1 saturated carbocycles. The highest BCUT2D eigenvalue weighted by atomic mass is 19.1. The molecule has 0 radical (unpaired) electrons. The number of carboxylic acid groups (broad SMARTS) is 1. The fourth-order valence-electron chi connectivity index (χ4n) is 2.48.